The summed E-state index contributed by atoms with van der Waals surface area (Å²) in [6, 6.07) is 31.8. The van der Waals surface area contributed by atoms with Crippen LogP contribution in [0.15, 0.2) is 155 Å². The highest BCUT2D eigenvalue weighted by atomic mass is 32.2. The zero-order chi connectivity index (χ0) is 48.0. The molecule has 3 nitrogen and oxygen atoms in total. The maximum Gasteiger partial charge on any atom is 0.233 e. The molecule has 4 unspecified atom stereocenters. The van der Waals surface area contributed by atoms with Crippen LogP contribution in [0.3, 0.4) is 0 Å². The lowest BCUT2D eigenvalue weighted by molar-refractivity contribution is 0.296. The molecule has 4 aromatic rings. The van der Waals surface area contributed by atoms with Gasteiger partial charge >= 0.3 is 0 Å². The lowest BCUT2D eigenvalue weighted by Gasteiger charge is -2.56. The topological polar surface area (TPSA) is 15.7 Å². The van der Waals surface area contributed by atoms with Crippen LogP contribution in [0.25, 0.3) is 0 Å². The summed E-state index contributed by atoms with van der Waals surface area (Å²) in [4.78, 5) is 6.69. The fraction of sp³-hybridized carbons (Fsp3) is 0.419. The third-order valence-corrected chi connectivity index (χ3v) is 17.2. The lowest BCUT2D eigenvalue weighted by atomic mass is 9.23. The SMILES string of the molecule is C=C(/C=C(\C)C(C)(C)CCC)C1=C(SC)B2c3c(cc(N4c5ccccc5Oc5ccccc54)cc3N(c3ccc(C(C)(C)C)cc3)C3C=CC(C(C)(C)C)=CC23C)C1C1C=CC[C@H]1C(C)C. The second kappa shape index (κ2) is 17.3. The summed E-state index contributed by atoms with van der Waals surface area (Å²) in [5.41, 5.74) is 15.5. The van der Waals surface area contributed by atoms with Gasteiger partial charge in [-0.3, -0.25) is 0 Å². The minimum Gasteiger partial charge on any atom is -0.453 e. The minimum absolute atomic E-state index is 0.0234. The first-order chi connectivity index (χ1) is 31.7. The quantitative estimate of drug-likeness (QED) is 0.0788. The first kappa shape index (κ1) is 47.2. The van der Waals surface area contributed by atoms with Crippen molar-refractivity contribution in [2.24, 2.45) is 28.6 Å². The van der Waals surface area contributed by atoms with Crippen LogP contribution >= 0.6 is 11.8 Å². The zero-order valence-electron chi connectivity index (χ0n) is 43.1. The monoisotopic (exact) mass is 907 g/mol. The van der Waals surface area contributed by atoms with E-state index in [4.69, 9.17) is 11.3 Å². The number of allylic oxidation sites excluding steroid dienone is 8. The van der Waals surface area contributed by atoms with Crippen molar-refractivity contribution in [1.29, 1.82) is 0 Å². The number of anilines is 5. The van der Waals surface area contributed by atoms with Crippen LogP contribution in [0.2, 0.25) is 5.31 Å². The number of hydrogen-bond acceptors (Lipinski definition) is 4. The Morgan fingerprint density at radius 1 is 0.866 bits per heavy atom. The number of hydrogen-bond donors (Lipinski definition) is 0. The first-order valence-corrected chi connectivity index (χ1v) is 26.4. The van der Waals surface area contributed by atoms with E-state index in [2.05, 4.69) is 227 Å². The Kier molecular flexibility index (Phi) is 12.2. The predicted octanol–water partition coefficient (Wildman–Crippen LogP) is 17.5. The molecule has 0 radical (unpaired) electrons. The van der Waals surface area contributed by atoms with Gasteiger partial charge < -0.3 is 14.5 Å². The van der Waals surface area contributed by atoms with E-state index in [9.17, 15) is 0 Å². The van der Waals surface area contributed by atoms with Crippen molar-refractivity contribution in [3.05, 3.63) is 166 Å². The second-order valence-corrected chi connectivity index (χ2v) is 24.4. The molecule has 0 N–H and O–H groups in total. The molecule has 2 aliphatic carbocycles. The summed E-state index contributed by atoms with van der Waals surface area (Å²) in [5.74, 6) is 3.14. The van der Waals surface area contributed by atoms with E-state index in [0.29, 0.717) is 17.8 Å². The number of thioether (sulfide) groups is 1. The van der Waals surface area contributed by atoms with Crippen LogP contribution in [-0.4, -0.2) is 19.0 Å². The Balaban J connectivity index is 1.43. The highest BCUT2D eigenvalue weighted by molar-refractivity contribution is 8.04. The van der Waals surface area contributed by atoms with Crippen LogP contribution in [0.1, 0.15) is 126 Å². The molecule has 5 heteroatoms. The Labute approximate surface area is 409 Å². The van der Waals surface area contributed by atoms with Crippen molar-refractivity contribution in [1.82, 2.24) is 0 Å². The van der Waals surface area contributed by atoms with Gasteiger partial charge in [0.05, 0.1) is 17.4 Å². The van der Waals surface area contributed by atoms with E-state index in [0.717, 1.165) is 47.8 Å². The van der Waals surface area contributed by atoms with Gasteiger partial charge in [-0.25, -0.2) is 0 Å². The normalized spacial score (nSPS) is 23.5. The van der Waals surface area contributed by atoms with Crippen LogP contribution in [-0.2, 0) is 5.41 Å². The summed E-state index contributed by atoms with van der Waals surface area (Å²) in [6.45, 7) is 36.3. The van der Waals surface area contributed by atoms with Crippen LogP contribution < -0.4 is 20.0 Å². The van der Waals surface area contributed by atoms with Gasteiger partial charge in [0.2, 0.25) is 6.71 Å². The fourth-order valence-corrected chi connectivity index (χ4v) is 13.4. The molecule has 5 atom stereocenters. The molecule has 0 fully saturated rings. The summed E-state index contributed by atoms with van der Waals surface area (Å²) in [6.07, 6.45) is 21.0. The third kappa shape index (κ3) is 8.03. The molecule has 0 saturated heterocycles. The van der Waals surface area contributed by atoms with Crippen LogP contribution in [0, 0.1) is 28.6 Å². The summed E-state index contributed by atoms with van der Waals surface area (Å²) >= 11 is 1.98. The molecule has 67 heavy (non-hydrogen) atoms. The van der Waals surface area contributed by atoms with Gasteiger partial charge in [-0.15, -0.1) is 11.8 Å². The van der Waals surface area contributed by atoms with Gasteiger partial charge in [0.25, 0.3) is 0 Å². The van der Waals surface area contributed by atoms with Gasteiger partial charge in [-0.1, -0.05) is 175 Å². The van der Waals surface area contributed by atoms with Crippen molar-refractivity contribution in [2.75, 3.05) is 16.1 Å². The van der Waals surface area contributed by atoms with E-state index in [1.165, 1.54) is 55.1 Å². The molecular formula is C62H75BN2OS. The van der Waals surface area contributed by atoms with Crippen LogP contribution in [0.5, 0.6) is 11.5 Å². The molecular weight excluding hydrogens is 832 g/mol. The maximum absolute atomic E-state index is 6.67. The molecule has 348 valence electrons. The van der Waals surface area contributed by atoms with Gasteiger partial charge in [-0.2, -0.15) is 0 Å². The highest BCUT2D eigenvalue weighted by Gasteiger charge is 2.58. The average Bonchev–Trinajstić information content (AvgIpc) is 3.77. The molecule has 0 spiro atoms. The second-order valence-electron chi connectivity index (χ2n) is 23.6. The third-order valence-electron chi connectivity index (χ3n) is 16.3. The number of benzene rings is 4. The average molecular weight is 907 g/mol. The summed E-state index contributed by atoms with van der Waals surface area (Å²) < 4.78 is 6.67. The Bertz CT molecular complexity index is 2710. The smallest absolute Gasteiger partial charge is 0.233 e. The molecule has 4 aromatic carbocycles. The summed E-state index contributed by atoms with van der Waals surface area (Å²) in [7, 11) is 0. The highest BCUT2D eigenvalue weighted by Crippen LogP contribution is 2.62. The largest absolute Gasteiger partial charge is 0.453 e. The van der Waals surface area contributed by atoms with Gasteiger partial charge in [-0.05, 0) is 152 Å². The number of fused-ring (bicyclic) bond motifs is 4. The maximum atomic E-state index is 6.67. The van der Waals surface area contributed by atoms with E-state index in [1.807, 2.05) is 11.8 Å². The number of rotatable bonds is 10. The van der Waals surface area contributed by atoms with Crippen molar-refractivity contribution in [3.63, 3.8) is 0 Å². The Morgan fingerprint density at radius 3 is 2.09 bits per heavy atom. The van der Waals surface area contributed by atoms with Crippen molar-refractivity contribution < 1.29 is 4.74 Å². The first-order valence-electron chi connectivity index (χ1n) is 25.2. The molecule has 0 bridgehead atoms. The van der Waals surface area contributed by atoms with Crippen molar-refractivity contribution in [3.8, 4) is 11.5 Å². The standard InChI is InChI=1S/C62H75BN2OS/c1-16-34-61(12,13)41(5)35-40(4)55-56(47-23-21-22-46(47)39(2)3)48-36-45(64-49-24-17-19-26-52(49)66-53-27-20-18-25-50(53)64)37-51-57(48)63(58(55)67-15)62(14)38-43(60(9,10)11)30-33-54(62)65(51)44-31-28-42(29-32-44)59(6,7)8/h17-21,23-33,35-39,46-47,54,56H,4,16,22,34H2,1-3,5-15H3/b41-35+/t46-,47?,54?,56?,62?/m0/s1. The number of nitrogens with zero attached hydrogens (tertiary/aromatic N) is 2. The molecule has 0 amide bonds. The molecule has 5 aliphatic rings. The van der Waals surface area contributed by atoms with Crippen LogP contribution in [0.4, 0.5) is 28.4 Å². The van der Waals surface area contributed by atoms with Gasteiger partial charge in [0.1, 0.15) is 0 Å². The Hall–Kier alpha value is -4.87. The molecule has 3 aliphatic heterocycles. The van der Waals surface area contributed by atoms with Crippen molar-refractivity contribution in [2.45, 2.75) is 132 Å². The molecule has 3 heterocycles. The van der Waals surface area contributed by atoms with E-state index < -0.39 is 0 Å². The number of para-hydroxylation sites is 4. The lowest BCUT2D eigenvalue weighted by Crippen LogP contribution is -2.62. The van der Waals surface area contributed by atoms with Crippen molar-refractivity contribution >= 4 is 52.4 Å². The van der Waals surface area contributed by atoms with Gasteiger partial charge in [0, 0.05) is 23.0 Å². The zero-order valence-corrected chi connectivity index (χ0v) is 43.9. The molecule has 9 rings (SSSR count). The van der Waals surface area contributed by atoms with E-state index in [-0.39, 0.29) is 40.2 Å². The fourth-order valence-electron chi connectivity index (χ4n) is 12.4. The van der Waals surface area contributed by atoms with E-state index >= 15 is 0 Å². The van der Waals surface area contributed by atoms with E-state index in [1.54, 1.807) is 0 Å². The number of ether oxygens (including phenoxy) is 1. The van der Waals surface area contributed by atoms with Gasteiger partial charge in [0.15, 0.2) is 11.5 Å². The molecule has 0 saturated carbocycles. The summed E-state index contributed by atoms with van der Waals surface area (Å²) in [5, 5.41) is -0.306. The Morgan fingerprint density at radius 2 is 1.51 bits per heavy atom. The predicted molar refractivity (Wildman–Crippen MR) is 293 cm³/mol. The minimum atomic E-state index is -0.306. The molecule has 0 aromatic heterocycles.